The normalized spacial score (nSPS) is 12.0. The second-order valence-corrected chi connectivity index (χ2v) is 11.0. The standard InChI is InChI=1S/C24H47Cl3/c1-2-3-4-5-6-7-8-9-10-11-12-13-14-15-16-17-18-19-20-21-22-23-24(25,26)27/h2-23H2,1H3. The molecule has 0 unspecified atom stereocenters. The van der Waals surface area contributed by atoms with Crippen LogP contribution in [0.3, 0.4) is 0 Å². The lowest BCUT2D eigenvalue weighted by atomic mass is 10.0. The lowest BCUT2D eigenvalue weighted by molar-refractivity contribution is 0.519. The van der Waals surface area contributed by atoms with E-state index in [4.69, 9.17) is 34.8 Å². The number of hydrogen-bond acceptors (Lipinski definition) is 0. The SMILES string of the molecule is CCCCCCCCCCCCCCCCCCCCCCCC(Cl)(Cl)Cl. The van der Waals surface area contributed by atoms with Gasteiger partial charge in [0.2, 0.25) is 0 Å². The molecule has 27 heavy (non-hydrogen) atoms. The molecule has 0 bridgehead atoms. The molecule has 0 heterocycles. The molecule has 0 radical (unpaired) electrons. The maximum absolute atomic E-state index is 5.75. The molecule has 164 valence electrons. The van der Waals surface area contributed by atoms with Crippen molar-refractivity contribution in [2.45, 2.75) is 152 Å². The van der Waals surface area contributed by atoms with Crippen molar-refractivity contribution in [2.75, 3.05) is 0 Å². The predicted octanol–water partition coefficient (Wildman–Crippen LogP) is 11.0. The van der Waals surface area contributed by atoms with Crippen LogP contribution in [0.5, 0.6) is 0 Å². The zero-order valence-corrected chi connectivity index (χ0v) is 20.5. The van der Waals surface area contributed by atoms with Gasteiger partial charge in [-0.1, -0.05) is 170 Å². The zero-order valence-electron chi connectivity index (χ0n) is 18.2. The van der Waals surface area contributed by atoms with Crippen LogP contribution in [0.25, 0.3) is 0 Å². The lowest BCUT2D eigenvalue weighted by Gasteiger charge is -2.09. The van der Waals surface area contributed by atoms with Crippen LogP contribution in [-0.2, 0) is 0 Å². The van der Waals surface area contributed by atoms with Gasteiger partial charge in [0.15, 0.2) is 3.79 Å². The fraction of sp³-hybridized carbons (Fsp3) is 1.00. The van der Waals surface area contributed by atoms with E-state index in [-0.39, 0.29) is 0 Å². The first-order valence-electron chi connectivity index (χ1n) is 12.1. The van der Waals surface area contributed by atoms with Crippen LogP contribution < -0.4 is 0 Å². The average molecular weight is 442 g/mol. The quantitative estimate of drug-likeness (QED) is 0.123. The molecule has 0 aliphatic rings. The van der Waals surface area contributed by atoms with E-state index in [1.807, 2.05) is 0 Å². The molecule has 0 atom stereocenters. The van der Waals surface area contributed by atoms with Crippen LogP contribution in [0, 0.1) is 0 Å². The summed E-state index contributed by atoms with van der Waals surface area (Å²) >= 11 is 17.3. The second-order valence-electron chi connectivity index (χ2n) is 8.44. The molecule has 0 aliphatic carbocycles. The van der Waals surface area contributed by atoms with Gasteiger partial charge in [-0.15, -0.1) is 0 Å². The van der Waals surface area contributed by atoms with E-state index in [0.29, 0.717) is 6.42 Å². The third-order valence-electron chi connectivity index (χ3n) is 5.56. The summed E-state index contributed by atoms with van der Waals surface area (Å²) in [5, 5.41) is 0. The van der Waals surface area contributed by atoms with Crippen molar-refractivity contribution < 1.29 is 0 Å². The fourth-order valence-electron chi connectivity index (χ4n) is 3.76. The van der Waals surface area contributed by atoms with Gasteiger partial charge in [-0.2, -0.15) is 0 Å². The van der Waals surface area contributed by atoms with E-state index in [9.17, 15) is 0 Å². The predicted molar refractivity (Wildman–Crippen MR) is 128 cm³/mol. The van der Waals surface area contributed by atoms with Crippen molar-refractivity contribution in [3.05, 3.63) is 0 Å². The Bertz CT molecular complexity index is 273. The molecule has 0 aliphatic heterocycles. The van der Waals surface area contributed by atoms with Gasteiger partial charge in [0.05, 0.1) is 0 Å². The Balaban J connectivity index is 3.01. The molecule has 0 saturated carbocycles. The van der Waals surface area contributed by atoms with E-state index in [1.165, 1.54) is 128 Å². The first-order chi connectivity index (χ1) is 13.1. The Labute approximate surface area is 186 Å². The molecule has 0 nitrogen and oxygen atoms in total. The number of rotatable bonds is 21. The minimum atomic E-state index is -1.05. The highest BCUT2D eigenvalue weighted by atomic mass is 35.6. The van der Waals surface area contributed by atoms with Crippen molar-refractivity contribution in [3.8, 4) is 0 Å². The number of alkyl halides is 3. The fourth-order valence-corrected chi connectivity index (χ4v) is 4.16. The Morgan fingerprint density at radius 2 is 0.593 bits per heavy atom. The molecule has 3 heteroatoms. The van der Waals surface area contributed by atoms with Crippen molar-refractivity contribution in [1.82, 2.24) is 0 Å². The molecule has 0 aromatic heterocycles. The van der Waals surface area contributed by atoms with Gasteiger partial charge in [0.1, 0.15) is 0 Å². The smallest absolute Gasteiger partial charge is 0.0837 e. The van der Waals surface area contributed by atoms with Crippen molar-refractivity contribution in [2.24, 2.45) is 0 Å². The summed E-state index contributed by atoms with van der Waals surface area (Å²) < 4.78 is -1.05. The van der Waals surface area contributed by atoms with Gasteiger partial charge in [-0.3, -0.25) is 0 Å². The molecule has 0 saturated heterocycles. The summed E-state index contributed by atoms with van der Waals surface area (Å²) in [6.07, 6.45) is 30.1. The van der Waals surface area contributed by atoms with Gasteiger partial charge >= 0.3 is 0 Å². The minimum absolute atomic E-state index is 0.691. The summed E-state index contributed by atoms with van der Waals surface area (Å²) in [5.41, 5.74) is 0. The van der Waals surface area contributed by atoms with Gasteiger partial charge in [0, 0.05) is 0 Å². The Morgan fingerprint density at radius 3 is 0.815 bits per heavy atom. The van der Waals surface area contributed by atoms with E-state index in [0.717, 1.165) is 6.42 Å². The van der Waals surface area contributed by atoms with Crippen molar-refractivity contribution in [1.29, 1.82) is 0 Å². The minimum Gasteiger partial charge on any atom is -0.0837 e. The molecule has 0 N–H and O–H groups in total. The van der Waals surface area contributed by atoms with Crippen molar-refractivity contribution in [3.63, 3.8) is 0 Å². The second kappa shape index (κ2) is 21.6. The topological polar surface area (TPSA) is 0 Å². The first-order valence-corrected chi connectivity index (χ1v) is 13.3. The summed E-state index contributed by atoms with van der Waals surface area (Å²) in [6.45, 7) is 2.29. The number of hydrogen-bond donors (Lipinski definition) is 0. The van der Waals surface area contributed by atoms with Crippen LogP contribution in [0.15, 0.2) is 0 Å². The Morgan fingerprint density at radius 1 is 0.370 bits per heavy atom. The van der Waals surface area contributed by atoms with Gasteiger partial charge in [-0.25, -0.2) is 0 Å². The molecule has 0 aromatic carbocycles. The highest BCUT2D eigenvalue weighted by Crippen LogP contribution is 2.32. The summed E-state index contributed by atoms with van der Waals surface area (Å²) in [7, 11) is 0. The number of unbranched alkanes of at least 4 members (excludes halogenated alkanes) is 20. The molecule has 0 rings (SSSR count). The Kier molecular flexibility index (Phi) is 22.3. The maximum Gasteiger partial charge on any atom is 0.190 e. The van der Waals surface area contributed by atoms with Crippen LogP contribution in [0.1, 0.15) is 148 Å². The highest BCUT2D eigenvalue weighted by Gasteiger charge is 2.17. The largest absolute Gasteiger partial charge is 0.190 e. The third-order valence-corrected chi connectivity index (χ3v) is 6.13. The molecular weight excluding hydrogens is 395 g/mol. The van der Waals surface area contributed by atoms with Gasteiger partial charge in [-0.05, 0) is 12.8 Å². The molecule has 0 spiro atoms. The Hall–Kier alpha value is 0.870. The van der Waals surface area contributed by atoms with Crippen molar-refractivity contribution >= 4 is 34.8 Å². The molecule has 0 amide bonds. The van der Waals surface area contributed by atoms with Gasteiger partial charge < -0.3 is 0 Å². The summed E-state index contributed by atoms with van der Waals surface area (Å²) in [6, 6.07) is 0. The zero-order chi connectivity index (χ0) is 20.1. The molecular formula is C24H47Cl3. The maximum atomic E-state index is 5.75. The average Bonchev–Trinajstić information content (AvgIpc) is 2.62. The molecule has 0 aromatic rings. The van der Waals surface area contributed by atoms with E-state index < -0.39 is 3.79 Å². The summed E-state index contributed by atoms with van der Waals surface area (Å²) in [4.78, 5) is 0. The van der Waals surface area contributed by atoms with Gasteiger partial charge in [0.25, 0.3) is 0 Å². The van der Waals surface area contributed by atoms with E-state index in [2.05, 4.69) is 6.92 Å². The van der Waals surface area contributed by atoms with E-state index in [1.54, 1.807) is 0 Å². The third kappa shape index (κ3) is 26.9. The van der Waals surface area contributed by atoms with Crippen LogP contribution in [0.2, 0.25) is 0 Å². The monoisotopic (exact) mass is 440 g/mol. The number of halogens is 3. The van der Waals surface area contributed by atoms with E-state index >= 15 is 0 Å². The van der Waals surface area contributed by atoms with Crippen LogP contribution >= 0.6 is 34.8 Å². The summed E-state index contributed by atoms with van der Waals surface area (Å²) in [5.74, 6) is 0. The highest BCUT2D eigenvalue weighted by molar-refractivity contribution is 6.67. The molecule has 0 fully saturated rings. The first kappa shape index (κ1) is 27.9. The lowest BCUT2D eigenvalue weighted by Crippen LogP contribution is -2.00. The van der Waals surface area contributed by atoms with Crippen LogP contribution in [-0.4, -0.2) is 3.79 Å². The van der Waals surface area contributed by atoms with Crippen LogP contribution in [0.4, 0.5) is 0 Å².